The lowest BCUT2D eigenvalue weighted by Gasteiger charge is -2.04. The summed E-state index contributed by atoms with van der Waals surface area (Å²) in [6.07, 6.45) is 0. The molecule has 2 heterocycles. The Labute approximate surface area is 143 Å². The molecule has 0 saturated carbocycles. The fourth-order valence-corrected chi connectivity index (χ4v) is 3.52. The predicted octanol–water partition coefficient (Wildman–Crippen LogP) is 4.41. The summed E-state index contributed by atoms with van der Waals surface area (Å²) < 4.78 is 11.2. The Morgan fingerprint density at radius 1 is 1.26 bits per heavy atom. The maximum atomic E-state index is 5.71. The number of hydrogen-bond donors (Lipinski definition) is 0. The quantitative estimate of drug-likeness (QED) is 0.631. The molecular formula is C16H17N3O2S2. The van der Waals surface area contributed by atoms with E-state index in [1.54, 1.807) is 30.0 Å². The normalized spacial score (nSPS) is 12.3. The smallest absolute Gasteiger partial charge is 0.229 e. The maximum absolute atomic E-state index is 5.71. The van der Waals surface area contributed by atoms with E-state index in [0.717, 1.165) is 22.2 Å². The zero-order valence-corrected chi connectivity index (χ0v) is 14.6. The van der Waals surface area contributed by atoms with Gasteiger partial charge in [0.05, 0.1) is 10.9 Å². The predicted molar refractivity (Wildman–Crippen MR) is 91.6 cm³/mol. The van der Waals surface area contributed by atoms with E-state index in [-0.39, 0.29) is 5.25 Å². The molecule has 0 radical (unpaired) electrons. The molecular weight excluding hydrogens is 330 g/mol. The molecule has 5 nitrogen and oxygen atoms in total. The summed E-state index contributed by atoms with van der Waals surface area (Å²) in [6.45, 7) is 4.36. The van der Waals surface area contributed by atoms with Gasteiger partial charge in [0.15, 0.2) is 0 Å². The standard InChI is InChI=1S/C16H17N3O2S2/c1-11(16-19-18-12(2)21-16)22-9-13-10-23-15(17-13)8-20-14-6-4-3-5-7-14/h3-7,10-11H,8-9H2,1-2H3/t11-/m1/s1. The first-order chi connectivity index (χ1) is 11.2. The summed E-state index contributed by atoms with van der Waals surface area (Å²) >= 11 is 3.35. The average Bonchev–Trinajstić information content (AvgIpc) is 3.21. The number of aromatic nitrogens is 3. The van der Waals surface area contributed by atoms with Crippen molar-refractivity contribution >= 4 is 23.1 Å². The molecule has 120 valence electrons. The second-order valence-corrected chi connectivity index (χ2v) is 7.22. The second-order valence-electron chi connectivity index (χ2n) is 4.95. The Morgan fingerprint density at radius 3 is 2.83 bits per heavy atom. The van der Waals surface area contributed by atoms with Crippen molar-refractivity contribution in [3.63, 3.8) is 0 Å². The first-order valence-corrected chi connectivity index (χ1v) is 9.16. The molecule has 0 bridgehead atoms. The van der Waals surface area contributed by atoms with Crippen molar-refractivity contribution in [2.75, 3.05) is 0 Å². The van der Waals surface area contributed by atoms with Gasteiger partial charge in [0.1, 0.15) is 17.4 Å². The Morgan fingerprint density at radius 2 is 2.09 bits per heavy atom. The van der Waals surface area contributed by atoms with Gasteiger partial charge in [0.25, 0.3) is 0 Å². The lowest BCUT2D eigenvalue weighted by molar-refractivity contribution is 0.305. The molecule has 23 heavy (non-hydrogen) atoms. The van der Waals surface area contributed by atoms with Gasteiger partial charge in [0, 0.05) is 18.1 Å². The van der Waals surface area contributed by atoms with Crippen molar-refractivity contribution in [3.8, 4) is 5.75 Å². The number of hydrogen-bond acceptors (Lipinski definition) is 7. The highest BCUT2D eigenvalue weighted by atomic mass is 32.2. The van der Waals surface area contributed by atoms with Crippen LogP contribution in [0.25, 0.3) is 0 Å². The lowest BCUT2D eigenvalue weighted by atomic mass is 10.3. The van der Waals surface area contributed by atoms with E-state index in [0.29, 0.717) is 18.4 Å². The average molecular weight is 347 g/mol. The number of benzene rings is 1. The molecule has 3 aromatic rings. The molecule has 0 saturated heterocycles. The van der Waals surface area contributed by atoms with Crippen molar-refractivity contribution in [1.82, 2.24) is 15.2 Å². The summed E-state index contributed by atoms with van der Waals surface area (Å²) in [5, 5.41) is 11.1. The second kappa shape index (κ2) is 7.61. The number of thiazole rings is 1. The van der Waals surface area contributed by atoms with Gasteiger partial charge in [-0.15, -0.1) is 33.3 Å². The van der Waals surface area contributed by atoms with Gasteiger partial charge in [-0.3, -0.25) is 0 Å². The van der Waals surface area contributed by atoms with Crippen LogP contribution in [-0.2, 0) is 12.4 Å². The van der Waals surface area contributed by atoms with Crippen LogP contribution in [-0.4, -0.2) is 15.2 Å². The molecule has 0 aliphatic rings. The summed E-state index contributed by atoms with van der Waals surface area (Å²) in [5.74, 6) is 2.93. The highest BCUT2D eigenvalue weighted by molar-refractivity contribution is 7.98. The van der Waals surface area contributed by atoms with Gasteiger partial charge in [-0.25, -0.2) is 4.98 Å². The number of rotatable bonds is 7. The molecule has 2 aromatic heterocycles. The molecule has 3 rings (SSSR count). The van der Waals surface area contributed by atoms with E-state index in [2.05, 4.69) is 27.5 Å². The van der Waals surface area contributed by atoms with E-state index in [1.165, 1.54) is 0 Å². The molecule has 7 heteroatoms. The fourth-order valence-electron chi connectivity index (χ4n) is 1.90. The molecule has 0 aliphatic carbocycles. The van der Waals surface area contributed by atoms with Crippen molar-refractivity contribution in [3.05, 3.63) is 58.2 Å². The van der Waals surface area contributed by atoms with Crippen LogP contribution in [0.2, 0.25) is 0 Å². The summed E-state index contributed by atoms with van der Waals surface area (Å²) in [6, 6.07) is 9.77. The van der Waals surface area contributed by atoms with E-state index < -0.39 is 0 Å². The molecule has 0 aliphatic heterocycles. The van der Waals surface area contributed by atoms with Crippen molar-refractivity contribution in [2.45, 2.75) is 31.5 Å². The minimum absolute atomic E-state index is 0.155. The van der Waals surface area contributed by atoms with Gasteiger partial charge in [-0.2, -0.15) is 0 Å². The van der Waals surface area contributed by atoms with Crippen LogP contribution in [0.3, 0.4) is 0 Å². The molecule has 0 fully saturated rings. The van der Waals surface area contributed by atoms with Gasteiger partial charge in [-0.1, -0.05) is 18.2 Å². The molecule has 0 unspecified atom stereocenters. The zero-order valence-electron chi connectivity index (χ0n) is 12.9. The molecule has 0 N–H and O–H groups in total. The van der Waals surface area contributed by atoms with E-state index in [4.69, 9.17) is 9.15 Å². The Kier molecular flexibility index (Phi) is 5.30. The number of ether oxygens (including phenoxy) is 1. The number of aryl methyl sites for hydroxylation is 1. The zero-order chi connectivity index (χ0) is 16.1. The largest absolute Gasteiger partial charge is 0.486 e. The van der Waals surface area contributed by atoms with Crippen LogP contribution in [0.1, 0.15) is 34.7 Å². The number of para-hydroxylation sites is 1. The third-order valence-corrected chi connectivity index (χ3v) is 5.11. The topological polar surface area (TPSA) is 61.0 Å². The van der Waals surface area contributed by atoms with Crippen LogP contribution < -0.4 is 4.74 Å². The molecule has 1 aromatic carbocycles. The SMILES string of the molecule is Cc1nnc([C@@H](C)SCc2csc(COc3ccccc3)n2)o1. The Bertz CT molecular complexity index is 743. The summed E-state index contributed by atoms with van der Waals surface area (Å²) in [7, 11) is 0. The van der Waals surface area contributed by atoms with Gasteiger partial charge < -0.3 is 9.15 Å². The fraction of sp³-hybridized carbons (Fsp3) is 0.312. The summed E-state index contributed by atoms with van der Waals surface area (Å²) in [4.78, 5) is 4.60. The monoisotopic (exact) mass is 347 g/mol. The van der Waals surface area contributed by atoms with Crippen LogP contribution in [0.5, 0.6) is 5.75 Å². The van der Waals surface area contributed by atoms with Gasteiger partial charge >= 0.3 is 0 Å². The number of thioether (sulfide) groups is 1. The van der Waals surface area contributed by atoms with E-state index in [1.807, 2.05) is 30.3 Å². The van der Waals surface area contributed by atoms with Crippen molar-refractivity contribution in [2.24, 2.45) is 0 Å². The first kappa shape index (κ1) is 16.0. The number of nitrogens with zero attached hydrogens (tertiary/aromatic N) is 3. The van der Waals surface area contributed by atoms with Gasteiger partial charge in [-0.05, 0) is 19.1 Å². The third-order valence-electron chi connectivity index (χ3n) is 3.08. The Balaban J connectivity index is 1.49. The maximum Gasteiger partial charge on any atom is 0.229 e. The van der Waals surface area contributed by atoms with Crippen LogP contribution in [0.15, 0.2) is 40.1 Å². The van der Waals surface area contributed by atoms with Crippen molar-refractivity contribution in [1.29, 1.82) is 0 Å². The van der Waals surface area contributed by atoms with E-state index >= 15 is 0 Å². The minimum Gasteiger partial charge on any atom is -0.486 e. The van der Waals surface area contributed by atoms with E-state index in [9.17, 15) is 0 Å². The van der Waals surface area contributed by atoms with Crippen LogP contribution >= 0.6 is 23.1 Å². The lowest BCUT2D eigenvalue weighted by Crippen LogP contribution is -1.95. The summed E-state index contributed by atoms with van der Waals surface area (Å²) in [5.41, 5.74) is 1.05. The highest BCUT2D eigenvalue weighted by Gasteiger charge is 2.14. The van der Waals surface area contributed by atoms with Crippen LogP contribution in [0, 0.1) is 6.92 Å². The minimum atomic E-state index is 0.155. The molecule has 1 atom stereocenters. The third kappa shape index (κ3) is 4.56. The highest BCUT2D eigenvalue weighted by Crippen LogP contribution is 2.30. The molecule has 0 amide bonds. The van der Waals surface area contributed by atoms with Crippen molar-refractivity contribution < 1.29 is 9.15 Å². The molecule has 0 spiro atoms. The first-order valence-electron chi connectivity index (χ1n) is 7.23. The Hall–Kier alpha value is -1.86. The van der Waals surface area contributed by atoms with Crippen LogP contribution in [0.4, 0.5) is 0 Å². The van der Waals surface area contributed by atoms with Gasteiger partial charge in [0.2, 0.25) is 11.8 Å².